The highest BCUT2D eigenvalue weighted by Gasteiger charge is 2.38. The van der Waals surface area contributed by atoms with Crippen LogP contribution in [0.25, 0.3) is 0 Å². The third-order valence-corrected chi connectivity index (χ3v) is 7.79. The molecule has 4 N–H and O–H groups in total. The van der Waals surface area contributed by atoms with Crippen molar-refractivity contribution in [3.05, 3.63) is 35.5 Å². The van der Waals surface area contributed by atoms with E-state index < -0.39 is 39.7 Å². The lowest BCUT2D eigenvalue weighted by Gasteiger charge is -2.29. The van der Waals surface area contributed by atoms with Gasteiger partial charge in [-0.25, -0.2) is 18.1 Å². The number of hydrogen-bond donors (Lipinski definition) is 4. The first kappa shape index (κ1) is 29.8. The normalized spacial score (nSPS) is 20.8. The van der Waals surface area contributed by atoms with Crippen LogP contribution in [0.2, 0.25) is 0 Å². The van der Waals surface area contributed by atoms with Gasteiger partial charge in [0, 0.05) is 29.9 Å². The summed E-state index contributed by atoms with van der Waals surface area (Å²) in [5, 5.41) is 8.68. The number of amides is 1. The van der Waals surface area contributed by atoms with E-state index in [1.807, 2.05) is 7.05 Å². The van der Waals surface area contributed by atoms with Gasteiger partial charge in [0.15, 0.2) is 0 Å². The molecule has 1 saturated heterocycles. The summed E-state index contributed by atoms with van der Waals surface area (Å²) in [6.45, 7) is 1.80. The molecule has 0 bridgehead atoms. The van der Waals surface area contributed by atoms with Crippen molar-refractivity contribution in [2.45, 2.75) is 56.4 Å². The van der Waals surface area contributed by atoms with Crippen LogP contribution in [0.15, 0.2) is 24.4 Å². The quantitative estimate of drug-likeness (QED) is 0.350. The average Bonchev–Trinajstić information content (AvgIpc) is 3.29. The zero-order valence-corrected chi connectivity index (χ0v) is 23.3. The predicted molar refractivity (Wildman–Crippen MR) is 144 cm³/mol. The zero-order chi connectivity index (χ0) is 29.1. The molecule has 0 spiro atoms. The van der Waals surface area contributed by atoms with Crippen molar-refractivity contribution in [2.24, 2.45) is 0 Å². The van der Waals surface area contributed by atoms with Crippen molar-refractivity contribution in [1.82, 2.24) is 24.9 Å². The van der Waals surface area contributed by atoms with Crippen LogP contribution in [0, 0.1) is 0 Å². The van der Waals surface area contributed by atoms with Gasteiger partial charge >= 0.3 is 6.18 Å². The van der Waals surface area contributed by atoms with Crippen molar-refractivity contribution < 1.29 is 31.1 Å². The molecule has 220 valence electrons. The number of carbonyl (C=O) groups is 1. The standard InChI is InChI=1S/C25H34F3N7O4S/c1-35-11-9-16(10-12-35)30-23(36)15-7-8-20(21(13-15)39-2)32-24-29-14-17(25(26,27)28)22(33-24)31-18-5-4-6-19(18)34-40(3,37)38/h7-8,13-14,16,18-19,34H,4-6,9-12H2,1-3H3,(H,30,36)(H2,29,31,32,33). The lowest BCUT2D eigenvalue weighted by Crippen LogP contribution is -2.43. The molecule has 1 aliphatic carbocycles. The molecule has 2 aliphatic rings. The Labute approximate surface area is 231 Å². The van der Waals surface area contributed by atoms with Crippen molar-refractivity contribution in [3.8, 4) is 5.75 Å². The van der Waals surface area contributed by atoms with Gasteiger partial charge in [0.25, 0.3) is 5.91 Å². The minimum Gasteiger partial charge on any atom is -0.495 e. The van der Waals surface area contributed by atoms with Gasteiger partial charge in [-0.3, -0.25) is 4.79 Å². The molecule has 2 atom stereocenters. The molecule has 40 heavy (non-hydrogen) atoms. The van der Waals surface area contributed by atoms with E-state index >= 15 is 0 Å². The Balaban J connectivity index is 1.53. The molecule has 1 amide bonds. The number of aromatic nitrogens is 2. The number of rotatable bonds is 9. The number of nitrogens with zero attached hydrogens (tertiary/aromatic N) is 3. The second kappa shape index (κ2) is 12.1. The molecule has 4 rings (SSSR count). The summed E-state index contributed by atoms with van der Waals surface area (Å²) in [6, 6.07) is 3.60. The van der Waals surface area contributed by atoms with Gasteiger partial charge in [0.2, 0.25) is 16.0 Å². The van der Waals surface area contributed by atoms with Crippen molar-refractivity contribution in [2.75, 3.05) is 44.1 Å². The smallest absolute Gasteiger partial charge is 0.421 e. The Morgan fingerprint density at radius 2 is 1.82 bits per heavy atom. The number of sulfonamides is 1. The molecule has 1 saturated carbocycles. The van der Waals surface area contributed by atoms with E-state index in [1.54, 1.807) is 12.1 Å². The molecule has 2 fully saturated rings. The van der Waals surface area contributed by atoms with E-state index in [1.165, 1.54) is 13.2 Å². The number of halogens is 3. The lowest BCUT2D eigenvalue weighted by molar-refractivity contribution is -0.137. The van der Waals surface area contributed by atoms with Gasteiger partial charge in [-0.05, 0) is 70.4 Å². The van der Waals surface area contributed by atoms with Crippen LogP contribution in [-0.4, -0.2) is 80.8 Å². The van der Waals surface area contributed by atoms with Crippen LogP contribution in [0.4, 0.5) is 30.6 Å². The third-order valence-electron chi connectivity index (χ3n) is 7.06. The molecule has 2 aromatic rings. The number of piperidine rings is 1. The first-order valence-electron chi connectivity index (χ1n) is 12.9. The number of hydrogen-bond acceptors (Lipinski definition) is 9. The van der Waals surface area contributed by atoms with Gasteiger partial charge in [-0.2, -0.15) is 18.2 Å². The molecule has 1 aromatic heterocycles. The lowest BCUT2D eigenvalue weighted by atomic mass is 10.0. The van der Waals surface area contributed by atoms with E-state index in [2.05, 4.69) is 35.5 Å². The molecule has 15 heteroatoms. The number of methoxy groups -OCH3 is 1. The summed E-state index contributed by atoms with van der Waals surface area (Å²) in [6.07, 6.45) is 0.230. The number of ether oxygens (including phenoxy) is 1. The summed E-state index contributed by atoms with van der Waals surface area (Å²) < 4.78 is 72.6. The minimum absolute atomic E-state index is 0.0751. The molecule has 2 heterocycles. The fraction of sp³-hybridized carbons (Fsp3) is 0.560. The number of alkyl halides is 3. The molecule has 0 radical (unpaired) electrons. The Bertz CT molecular complexity index is 1320. The number of nitrogens with one attached hydrogen (secondary N) is 4. The molecular weight excluding hydrogens is 551 g/mol. The maximum Gasteiger partial charge on any atom is 0.421 e. The SMILES string of the molecule is COc1cc(C(=O)NC2CCN(C)CC2)ccc1Nc1ncc(C(F)(F)F)c(NC2CCCC2NS(C)(=O)=O)n1. The highest BCUT2D eigenvalue weighted by molar-refractivity contribution is 7.88. The Morgan fingerprint density at radius 1 is 1.12 bits per heavy atom. The van der Waals surface area contributed by atoms with Crippen LogP contribution in [0.3, 0.4) is 0 Å². The fourth-order valence-corrected chi connectivity index (χ4v) is 5.79. The molecule has 1 aromatic carbocycles. The largest absolute Gasteiger partial charge is 0.495 e. The fourth-order valence-electron chi connectivity index (χ4n) is 4.96. The van der Waals surface area contributed by atoms with Crippen LogP contribution < -0.4 is 25.4 Å². The van der Waals surface area contributed by atoms with Crippen molar-refractivity contribution in [1.29, 1.82) is 0 Å². The summed E-state index contributed by atoms with van der Waals surface area (Å²) in [4.78, 5) is 22.9. The second-order valence-corrected chi connectivity index (χ2v) is 12.0. The molecule has 1 aliphatic heterocycles. The van der Waals surface area contributed by atoms with Crippen molar-refractivity contribution in [3.63, 3.8) is 0 Å². The van der Waals surface area contributed by atoms with E-state index in [0.29, 0.717) is 36.7 Å². The van der Waals surface area contributed by atoms with E-state index in [4.69, 9.17) is 4.74 Å². The second-order valence-electron chi connectivity index (χ2n) is 10.2. The highest BCUT2D eigenvalue weighted by atomic mass is 32.2. The van der Waals surface area contributed by atoms with Crippen LogP contribution >= 0.6 is 0 Å². The monoisotopic (exact) mass is 585 g/mol. The van der Waals surface area contributed by atoms with Crippen LogP contribution in [0.5, 0.6) is 5.75 Å². The van der Waals surface area contributed by atoms with Gasteiger partial charge in [-0.1, -0.05) is 0 Å². The molecule has 2 unspecified atom stereocenters. The number of carbonyl (C=O) groups excluding carboxylic acids is 1. The van der Waals surface area contributed by atoms with Gasteiger partial charge in [0.1, 0.15) is 17.1 Å². The third kappa shape index (κ3) is 7.73. The Hall–Kier alpha value is -3.17. The van der Waals surface area contributed by atoms with E-state index in [-0.39, 0.29) is 23.6 Å². The maximum absolute atomic E-state index is 13.8. The highest BCUT2D eigenvalue weighted by Crippen LogP contribution is 2.36. The molecular formula is C25H34F3N7O4S. The maximum atomic E-state index is 13.8. The average molecular weight is 586 g/mol. The first-order valence-corrected chi connectivity index (χ1v) is 14.8. The van der Waals surface area contributed by atoms with Gasteiger partial charge in [-0.15, -0.1) is 0 Å². The summed E-state index contributed by atoms with van der Waals surface area (Å²) in [7, 11) is -0.101. The first-order chi connectivity index (χ1) is 18.8. The number of anilines is 3. The van der Waals surface area contributed by atoms with E-state index in [9.17, 15) is 26.4 Å². The summed E-state index contributed by atoms with van der Waals surface area (Å²) in [5.41, 5.74) is -0.347. The number of likely N-dealkylation sites (tertiary alicyclic amines) is 1. The van der Waals surface area contributed by atoms with Crippen molar-refractivity contribution >= 4 is 33.4 Å². The zero-order valence-electron chi connectivity index (χ0n) is 22.5. The topological polar surface area (TPSA) is 138 Å². The Morgan fingerprint density at radius 3 is 2.48 bits per heavy atom. The Kier molecular flexibility index (Phi) is 9.05. The van der Waals surface area contributed by atoms with Crippen LogP contribution in [0.1, 0.15) is 48.0 Å². The van der Waals surface area contributed by atoms with Gasteiger partial charge < -0.3 is 25.6 Å². The summed E-state index contributed by atoms with van der Waals surface area (Å²) >= 11 is 0. The number of benzene rings is 1. The minimum atomic E-state index is -4.74. The van der Waals surface area contributed by atoms with E-state index in [0.717, 1.165) is 32.2 Å². The molecule has 11 nitrogen and oxygen atoms in total. The van der Waals surface area contributed by atoms with Crippen LogP contribution in [-0.2, 0) is 16.2 Å². The predicted octanol–water partition coefficient (Wildman–Crippen LogP) is 2.95. The van der Waals surface area contributed by atoms with Gasteiger partial charge in [0.05, 0.1) is 19.1 Å². The summed E-state index contributed by atoms with van der Waals surface area (Å²) in [5.74, 6) is -0.569.